The largest absolute Gasteiger partial charge is 0.287 e. The average molecular weight is 506 g/mol. The summed E-state index contributed by atoms with van der Waals surface area (Å²) in [4.78, 5) is 13.2. The smallest absolute Gasteiger partial charge is 0.283 e. The molecule has 178 valence electrons. The predicted molar refractivity (Wildman–Crippen MR) is 138 cm³/mol. The predicted octanol–water partition coefficient (Wildman–Crippen LogP) is 6.00. The summed E-state index contributed by atoms with van der Waals surface area (Å²) in [6.07, 6.45) is 5.00. The third-order valence-corrected chi connectivity index (χ3v) is 6.27. The summed E-state index contributed by atoms with van der Waals surface area (Å²) in [5.41, 5.74) is 5.73. The van der Waals surface area contributed by atoms with Crippen molar-refractivity contribution in [1.29, 1.82) is 5.26 Å². The van der Waals surface area contributed by atoms with Crippen LogP contribution in [-0.2, 0) is 0 Å². The van der Waals surface area contributed by atoms with E-state index in [9.17, 15) is 10.1 Å². The van der Waals surface area contributed by atoms with Gasteiger partial charge in [-0.3, -0.25) is 10.2 Å². The molecule has 0 aliphatic carbocycles. The SMILES string of the molecule is CCCC#Cc1ccc(-c2c(C#N)c(C(=O)NN3CCCCC3)nn2-c2ccc(Cl)cc2Cl)cc1. The maximum absolute atomic E-state index is 13.2. The molecule has 8 heteroatoms. The maximum atomic E-state index is 13.2. The number of hydrogen-bond acceptors (Lipinski definition) is 4. The Kier molecular flexibility index (Phi) is 8.10. The van der Waals surface area contributed by atoms with E-state index in [-0.39, 0.29) is 11.3 Å². The molecule has 1 aliphatic rings. The second kappa shape index (κ2) is 11.4. The van der Waals surface area contributed by atoms with Crippen molar-refractivity contribution in [3.05, 3.63) is 69.3 Å². The lowest BCUT2D eigenvalue weighted by molar-refractivity contribution is 0.0744. The summed E-state index contributed by atoms with van der Waals surface area (Å²) in [6, 6.07) is 14.8. The molecule has 3 aromatic rings. The van der Waals surface area contributed by atoms with Crippen molar-refractivity contribution in [3.8, 4) is 34.9 Å². The highest BCUT2D eigenvalue weighted by Crippen LogP contribution is 2.33. The van der Waals surface area contributed by atoms with Gasteiger partial charge in [-0.2, -0.15) is 10.4 Å². The van der Waals surface area contributed by atoms with E-state index in [1.807, 2.05) is 29.3 Å². The van der Waals surface area contributed by atoms with Gasteiger partial charge in [-0.25, -0.2) is 9.69 Å². The fraction of sp³-hybridized carbons (Fsp3) is 0.296. The van der Waals surface area contributed by atoms with Gasteiger partial charge in [0.2, 0.25) is 0 Å². The fourth-order valence-electron chi connectivity index (χ4n) is 3.98. The molecular weight excluding hydrogens is 481 g/mol. The van der Waals surface area contributed by atoms with Crippen LogP contribution in [0.15, 0.2) is 42.5 Å². The van der Waals surface area contributed by atoms with Gasteiger partial charge in [-0.15, -0.1) is 0 Å². The summed E-state index contributed by atoms with van der Waals surface area (Å²) in [5.74, 6) is 5.85. The first-order chi connectivity index (χ1) is 17.0. The van der Waals surface area contributed by atoms with Crippen molar-refractivity contribution in [2.75, 3.05) is 13.1 Å². The quantitative estimate of drug-likeness (QED) is 0.431. The zero-order chi connectivity index (χ0) is 24.8. The first-order valence-electron chi connectivity index (χ1n) is 11.7. The molecule has 0 saturated carbocycles. The number of amides is 1. The highest BCUT2D eigenvalue weighted by atomic mass is 35.5. The Morgan fingerprint density at radius 2 is 1.86 bits per heavy atom. The van der Waals surface area contributed by atoms with Crippen LogP contribution in [0.4, 0.5) is 0 Å². The van der Waals surface area contributed by atoms with Gasteiger partial charge in [0.15, 0.2) is 5.69 Å². The van der Waals surface area contributed by atoms with Crippen LogP contribution in [0.5, 0.6) is 0 Å². The first-order valence-corrected chi connectivity index (χ1v) is 12.4. The third kappa shape index (κ3) is 5.69. The second-order valence-electron chi connectivity index (χ2n) is 8.31. The molecule has 1 aromatic heterocycles. The molecule has 1 N–H and O–H groups in total. The number of hydrazine groups is 1. The van der Waals surface area contributed by atoms with Crippen LogP contribution in [0.2, 0.25) is 10.0 Å². The van der Waals surface area contributed by atoms with Gasteiger partial charge in [0.1, 0.15) is 11.6 Å². The number of piperidine rings is 1. The topological polar surface area (TPSA) is 74.0 Å². The Morgan fingerprint density at radius 1 is 1.11 bits per heavy atom. The molecule has 1 saturated heterocycles. The van der Waals surface area contributed by atoms with E-state index in [0.717, 1.165) is 56.3 Å². The van der Waals surface area contributed by atoms with Gasteiger partial charge in [0.05, 0.1) is 16.4 Å². The number of halogens is 2. The van der Waals surface area contributed by atoms with E-state index >= 15 is 0 Å². The van der Waals surface area contributed by atoms with Crippen molar-refractivity contribution >= 4 is 29.1 Å². The van der Waals surface area contributed by atoms with Gasteiger partial charge in [-0.05, 0) is 49.6 Å². The lowest BCUT2D eigenvalue weighted by atomic mass is 10.0. The van der Waals surface area contributed by atoms with E-state index in [4.69, 9.17) is 23.2 Å². The molecule has 1 amide bonds. The van der Waals surface area contributed by atoms with E-state index in [2.05, 4.69) is 35.4 Å². The molecule has 0 unspecified atom stereocenters. The third-order valence-electron chi connectivity index (χ3n) is 5.73. The van der Waals surface area contributed by atoms with Gasteiger partial charge in [-0.1, -0.05) is 60.5 Å². The zero-order valence-corrected chi connectivity index (χ0v) is 21.0. The Bertz CT molecular complexity index is 1320. The Morgan fingerprint density at radius 3 is 2.51 bits per heavy atom. The number of nitriles is 1. The molecule has 0 bridgehead atoms. The summed E-state index contributed by atoms with van der Waals surface area (Å²) in [5, 5.41) is 17.4. The molecular formula is C27H25Cl2N5O. The molecule has 1 fully saturated rings. The van der Waals surface area contributed by atoms with Gasteiger partial charge < -0.3 is 0 Å². The molecule has 0 spiro atoms. The Balaban J connectivity index is 1.81. The van der Waals surface area contributed by atoms with Crippen molar-refractivity contribution in [1.82, 2.24) is 20.2 Å². The minimum absolute atomic E-state index is 0.0471. The molecule has 2 aromatic carbocycles. The van der Waals surface area contributed by atoms with Gasteiger partial charge >= 0.3 is 0 Å². The van der Waals surface area contributed by atoms with E-state index in [1.165, 1.54) is 0 Å². The van der Waals surface area contributed by atoms with E-state index in [1.54, 1.807) is 22.9 Å². The van der Waals surface area contributed by atoms with Crippen LogP contribution in [0.25, 0.3) is 16.9 Å². The molecule has 2 heterocycles. The van der Waals surface area contributed by atoms with Crippen molar-refractivity contribution < 1.29 is 4.79 Å². The molecule has 6 nitrogen and oxygen atoms in total. The lowest BCUT2D eigenvalue weighted by Crippen LogP contribution is -2.45. The number of hydrogen-bond donors (Lipinski definition) is 1. The number of unbranched alkanes of at least 4 members (excludes halogenated alkanes) is 1. The van der Waals surface area contributed by atoms with Crippen LogP contribution in [0.1, 0.15) is 60.6 Å². The van der Waals surface area contributed by atoms with Crippen LogP contribution < -0.4 is 5.43 Å². The van der Waals surface area contributed by atoms with Crippen LogP contribution in [-0.4, -0.2) is 33.8 Å². The normalized spacial score (nSPS) is 13.5. The van der Waals surface area contributed by atoms with E-state index in [0.29, 0.717) is 21.4 Å². The number of rotatable bonds is 5. The van der Waals surface area contributed by atoms with Crippen molar-refractivity contribution in [2.45, 2.75) is 39.0 Å². The van der Waals surface area contributed by atoms with Gasteiger partial charge in [0.25, 0.3) is 5.91 Å². The molecule has 1 aliphatic heterocycles. The number of nitrogens with one attached hydrogen (secondary N) is 1. The van der Waals surface area contributed by atoms with Gasteiger partial charge in [0, 0.05) is 35.7 Å². The Labute approximate surface area is 215 Å². The first kappa shape index (κ1) is 24.8. The zero-order valence-electron chi connectivity index (χ0n) is 19.4. The Hall–Kier alpha value is -3.29. The standard InChI is InChI=1S/C27H25Cl2N5O/c1-2-3-5-8-19-9-11-20(12-10-19)26-22(18-30)25(27(35)32-33-15-6-4-7-16-33)31-34(26)24-14-13-21(28)17-23(24)29/h9-14,17H,2-4,6-7,15-16H2,1H3,(H,32,35). The monoisotopic (exact) mass is 505 g/mol. The van der Waals surface area contributed by atoms with E-state index < -0.39 is 5.91 Å². The number of nitrogens with zero attached hydrogens (tertiary/aromatic N) is 4. The molecule has 35 heavy (non-hydrogen) atoms. The molecule has 4 rings (SSSR count). The summed E-state index contributed by atoms with van der Waals surface area (Å²) in [6.45, 7) is 3.62. The summed E-state index contributed by atoms with van der Waals surface area (Å²) < 4.78 is 1.54. The number of carbonyl (C=O) groups is 1. The number of carbonyl (C=O) groups excluding carboxylic acids is 1. The lowest BCUT2D eigenvalue weighted by Gasteiger charge is -2.26. The fourth-order valence-corrected chi connectivity index (χ4v) is 4.47. The highest BCUT2D eigenvalue weighted by molar-refractivity contribution is 6.35. The number of aromatic nitrogens is 2. The molecule has 0 radical (unpaired) electrons. The second-order valence-corrected chi connectivity index (χ2v) is 9.15. The summed E-state index contributed by atoms with van der Waals surface area (Å²) in [7, 11) is 0. The molecule has 0 atom stereocenters. The van der Waals surface area contributed by atoms with Crippen LogP contribution in [0, 0.1) is 23.2 Å². The minimum Gasteiger partial charge on any atom is -0.283 e. The van der Waals surface area contributed by atoms with Crippen LogP contribution >= 0.6 is 23.2 Å². The van der Waals surface area contributed by atoms with Crippen LogP contribution in [0.3, 0.4) is 0 Å². The minimum atomic E-state index is -0.421. The summed E-state index contributed by atoms with van der Waals surface area (Å²) >= 11 is 12.6. The maximum Gasteiger partial charge on any atom is 0.287 e. The van der Waals surface area contributed by atoms with Crippen molar-refractivity contribution in [2.24, 2.45) is 0 Å². The highest BCUT2D eigenvalue weighted by Gasteiger charge is 2.27. The average Bonchev–Trinajstić information content (AvgIpc) is 3.25. The van der Waals surface area contributed by atoms with Crippen molar-refractivity contribution in [3.63, 3.8) is 0 Å². The number of benzene rings is 2.